The van der Waals surface area contributed by atoms with Crippen LogP contribution in [0, 0.1) is 6.07 Å². The normalized spacial score (nSPS) is 10.8. The van der Waals surface area contributed by atoms with Gasteiger partial charge in [0.25, 0.3) is 0 Å². The van der Waals surface area contributed by atoms with Gasteiger partial charge in [0.2, 0.25) is 0 Å². The molecule has 0 fully saturated rings. The van der Waals surface area contributed by atoms with E-state index in [0.29, 0.717) is 5.56 Å². The highest BCUT2D eigenvalue weighted by atomic mass is 16.3. The molecule has 0 saturated carbocycles. The summed E-state index contributed by atoms with van der Waals surface area (Å²) < 4.78 is 0. The van der Waals surface area contributed by atoms with Crippen molar-refractivity contribution >= 4 is 10.9 Å². The van der Waals surface area contributed by atoms with Crippen molar-refractivity contribution in [2.75, 3.05) is 0 Å². The maximum absolute atomic E-state index is 9.80. The minimum atomic E-state index is 0.233. The van der Waals surface area contributed by atoms with Crippen molar-refractivity contribution in [3.05, 3.63) is 48.7 Å². The van der Waals surface area contributed by atoms with Gasteiger partial charge in [-0.1, -0.05) is 24.3 Å². The van der Waals surface area contributed by atoms with Crippen LogP contribution in [0.25, 0.3) is 22.0 Å². The molecule has 3 rings (SSSR count). The first-order valence-electron chi connectivity index (χ1n) is 4.98. The van der Waals surface area contributed by atoms with Gasteiger partial charge in [-0.15, -0.1) is 0 Å². The van der Waals surface area contributed by atoms with Crippen LogP contribution >= 0.6 is 0 Å². The predicted octanol–water partition coefficient (Wildman–Crippen LogP) is 2.74. The second-order valence-corrected chi connectivity index (χ2v) is 3.57. The molecule has 1 heterocycles. The lowest BCUT2D eigenvalue weighted by Gasteiger charge is -2.04. The molecule has 77 valence electrons. The first-order valence-corrected chi connectivity index (χ1v) is 4.98. The van der Waals surface area contributed by atoms with Crippen molar-refractivity contribution in [3.63, 3.8) is 0 Å². The lowest BCUT2D eigenvalue weighted by Crippen LogP contribution is -1.80. The fourth-order valence-corrected chi connectivity index (χ4v) is 1.83. The van der Waals surface area contributed by atoms with Crippen molar-refractivity contribution in [1.29, 1.82) is 0 Å². The number of aromatic hydroxyl groups is 1. The highest BCUT2D eigenvalue weighted by Gasteiger charge is 2.08. The summed E-state index contributed by atoms with van der Waals surface area (Å²) in [5, 5.41) is 17.7. The molecule has 1 aromatic heterocycles. The molecule has 0 bridgehead atoms. The predicted molar refractivity (Wildman–Crippen MR) is 62.0 cm³/mol. The SMILES string of the molecule is Oc1ccc[c]c1-c1cccc2[nH]ncc12. The molecule has 0 spiro atoms. The average Bonchev–Trinajstić information content (AvgIpc) is 2.77. The number of nitrogens with zero attached hydrogens (tertiary/aromatic N) is 1. The third-order valence-corrected chi connectivity index (χ3v) is 2.59. The lowest BCUT2D eigenvalue weighted by atomic mass is 10.0. The molecule has 3 aromatic rings. The minimum absolute atomic E-state index is 0.233. The van der Waals surface area contributed by atoms with Gasteiger partial charge in [0.1, 0.15) is 5.75 Å². The zero-order valence-corrected chi connectivity index (χ0v) is 8.44. The Morgan fingerprint density at radius 1 is 1.19 bits per heavy atom. The fraction of sp³-hybridized carbons (Fsp3) is 0. The number of aromatic nitrogens is 2. The van der Waals surface area contributed by atoms with E-state index in [9.17, 15) is 5.11 Å². The van der Waals surface area contributed by atoms with Crippen molar-refractivity contribution in [1.82, 2.24) is 10.2 Å². The van der Waals surface area contributed by atoms with Crippen LogP contribution in [0.4, 0.5) is 0 Å². The van der Waals surface area contributed by atoms with Gasteiger partial charge in [-0.3, -0.25) is 5.10 Å². The van der Waals surface area contributed by atoms with Gasteiger partial charge >= 0.3 is 0 Å². The van der Waals surface area contributed by atoms with E-state index in [1.165, 1.54) is 0 Å². The molecule has 2 N–H and O–H groups in total. The van der Waals surface area contributed by atoms with Crippen LogP contribution in [-0.4, -0.2) is 15.3 Å². The van der Waals surface area contributed by atoms with E-state index in [2.05, 4.69) is 16.3 Å². The molecule has 16 heavy (non-hydrogen) atoms. The largest absolute Gasteiger partial charge is 0.507 e. The van der Waals surface area contributed by atoms with Crippen LogP contribution in [0.1, 0.15) is 0 Å². The number of fused-ring (bicyclic) bond motifs is 1. The molecule has 0 aliphatic heterocycles. The van der Waals surface area contributed by atoms with E-state index in [4.69, 9.17) is 0 Å². The molecular formula is C13H9N2O. The van der Waals surface area contributed by atoms with Crippen molar-refractivity contribution in [3.8, 4) is 16.9 Å². The lowest BCUT2D eigenvalue weighted by molar-refractivity contribution is 0.477. The van der Waals surface area contributed by atoms with Crippen LogP contribution in [0.3, 0.4) is 0 Å². The number of aromatic amines is 1. The molecule has 0 unspecified atom stereocenters. The number of nitrogens with one attached hydrogen (secondary N) is 1. The van der Waals surface area contributed by atoms with Crippen LogP contribution < -0.4 is 0 Å². The summed E-state index contributed by atoms with van der Waals surface area (Å²) in [6.07, 6.45) is 1.75. The van der Waals surface area contributed by atoms with Gasteiger partial charge in [-0.05, 0) is 23.8 Å². The zero-order chi connectivity index (χ0) is 11.0. The molecule has 3 nitrogen and oxygen atoms in total. The number of phenolic OH excluding ortho intramolecular Hbond substituents is 1. The summed E-state index contributed by atoms with van der Waals surface area (Å²) in [4.78, 5) is 0. The molecule has 1 radical (unpaired) electrons. The molecule has 0 aliphatic carbocycles. The minimum Gasteiger partial charge on any atom is -0.507 e. The van der Waals surface area contributed by atoms with Crippen LogP contribution in [0.15, 0.2) is 42.6 Å². The van der Waals surface area contributed by atoms with Crippen LogP contribution in [-0.2, 0) is 0 Å². The van der Waals surface area contributed by atoms with Gasteiger partial charge in [0.15, 0.2) is 0 Å². The van der Waals surface area contributed by atoms with Gasteiger partial charge in [0, 0.05) is 10.9 Å². The quantitative estimate of drug-likeness (QED) is 0.647. The highest BCUT2D eigenvalue weighted by Crippen LogP contribution is 2.32. The van der Waals surface area contributed by atoms with Crippen molar-refractivity contribution in [2.24, 2.45) is 0 Å². The Kier molecular flexibility index (Phi) is 1.90. The van der Waals surface area contributed by atoms with Crippen molar-refractivity contribution in [2.45, 2.75) is 0 Å². The summed E-state index contributed by atoms with van der Waals surface area (Å²) >= 11 is 0. The summed E-state index contributed by atoms with van der Waals surface area (Å²) in [6.45, 7) is 0. The number of hydrogen-bond donors (Lipinski definition) is 2. The first kappa shape index (κ1) is 8.97. The highest BCUT2D eigenvalue weighted by molar-refractivity contribution is 5.95. The topological polar surface area (TPSA) is 48.9 Å². The Hall–Kier alpha value is -2.29. The summed E-state index contributed by atoms with van der Waals surface area (Å²) in [7, 11) is 0. The third-order valence-electron chi connectivity index (χ3n) is 2.59. The second-order valence-electron chi connectivity index (χ2n) is 3.57. The molecular weight excluding hydrogens is 200 g/mol. The standard InChI is InChI=1S/C13H9N2O/c16-13-7-2-1-4-10(13)9-5-3-6-12-11(9)8-14-15-12/h1-3,5-8,16H,(H,14,15). The molecule has 3 heteroatoms. The van der Waals surface area contributed by atoms with E-state index in [0.717, 1.165) is 16.5 Å². The summed E-state index contributed by atoms with van der Waals surface area (Å²) in [5.41, 5.74) is 2.59. The van der Waals surface area contributed by atoms with Crippen LogP contribution in [0.5, 0.6) is 5.75 Å². The Bertz CT molecular complexity index is 643. The van der Waals surface area contributed by atoms with Crippen molar-refractivity contribution < 1.29 is 5.11 Å². The number of rotatable bonds is 1. The fourth-order valence-electron chi connectivity index (χ4n) is 1.83. The summed E-state index contributed by atoms with van der Waals surface area (Å²) in [6, 6.07) is 14.1. The van der Waals surface area contributed by atoms with E-state index in [1.54, 1.807) is 24.4 Å². The molecule has 0 amide bonds. The maximum Gasteiger partial charge on any atom is 0.124 e. The first-order chi connectivity index (χ1) is 7.86. The van der Waals surface area contributed by atoms with Gasteiger partial charge in [0.05, 0.1) is 11.7 Å². The Balaban J connectivity index is 2.34. The number of hydrogen-bond acceptors (Lipinski definition) is 2. The number of H-pyrrole nitrogens is 1. The van der Waals surface area contributed by atoms with Gasteiger partial charge in [-0.2, -0.15) is 5.10 Å². The molecule has 0 saturated heterocycles. The Morgan fingerprint density at radius 3 is 3.00 bits per heavy atom. The maximum atomic E-state index is 9.80. The monoisotopic (exact) mass is 209 g/mol. The molecule has 2 aromatic carbocycles. The van der Waals surface area contributed by atoms with Gasteiger partial charge < -0.3 is 5.11 Å². The van der Waals surface area contributed by atoms with E-state index in [-0.39, 0.29) is 5.75 Å². The zero-order valence-electron chi connectivity index (χ0n) is 8.44. The second kappa shape index (κ2) is 3.38. The van der Waals surface area contributed by atoms with Gasteiger partial charge in [-0.25, -0.2) is 0 Å². The van der Waals surface area contributed by atoms with E-state index >= 15 is 0 Å². The summed E-state index contributed by atoms with van der Waals surface area (Å²) in [5.74, 6) is 0.233. The smallest absolute Gasteiger partial charge is 0.124 e. The molecule has 0 atom stereocenters. The third kappa shape index (κ3) is 1.26. The number of benzene rings is 2. The molecule has 0 aliphatic rings. The average molecular weight is 209 g/mol. The van der Waals surface area contributed by atoms with E-state index < -0.39 is 0 Å². The van der Waals surface area contributed by atoms with E-state index in [1.807, 2.05) is 18.2 Å². The number of phenols is 1. The van der Waals surface area contributed by atoms with Crippen LogP contribution in [0.2, 0.25) is 0 Å². The Morgan fingerprint density at radius 2 is 2.12 bits per heavy atom. The Labute approximate surface area is 92.4 Å².